The smallest absolute Gasteiger partial charge is 0.312 e. The predicted octanol–water partition coefficient (Wildman–Crippen LogP) is 3.64. The summed E-state index contributed by atoms with van der Waals surface area (Å²) in [6.07, 6.45) is 1.33. The molecular formula is C15H13BrN4O3S. The van der Waals surface area contributed by atoms with Crippen molar-refractivity contribution in [1.29, 1.82) is 0 Å². The van der Waals surface area contributed by atoms with Crippen molar-refractivity contribution in [3.05, 3.63) is 68.2 Å². The molecule has 3 N–H and O–H groups in total. The van der Waals surface area contributed by atoms with Crippen molar-refractivity contribution in [3.8, 4) is 5.75 Å². The van der Waals surface area contributed by atoms with Gasteiger partial charge in [-0.1, -0.05) is 42.1 Å². The van der Waals surface area contributed by atoms with E-state index in [2.05, 4.69) is 26.1 Å². The SMILES string of the molecule is NC(=NN=Cc1cc(Br)c(O)c([N+](=O)[O-])c1)SCc1ccccc1. The first kappa shape index (κ1) is 18.0. The third-order valence-electron chi connectivity index (χ3n) is 2.85. The van der Waals surface area contributed by atoms with E-state index in [0.29, 0.717) is 11.3 Å². The van der Waals surface area contributed by atoms with Gasteiger partial charge in [-0.15, -0.1) is 5.10 Å². The number of thioether (sulfide) groups is 1. The van der Waals surface area contributed by atoms with Gasteiger partial charge in [-0.05, 0) is 27.6 Å². The van der Waals surface area contributed by atoms with Crippen molar-refractivity contribution in [2.24, 2.45) is 15.9 Å². The van der Waals surface area contributed by atoms with Crippen LogP contribution >= 0.6 is 27.7 Å². The molecule has 0 spiro atoms. The number of rotatable bonds is 5. The Morgan fingerprint density at radius 1 is 1.38 bits per heavy atom. The number of nitrogens with zero attached hydrogens (tertiary/aromatic N) is 3. The van der Waals surface area contributed by atoms with Gasteiger partial charge in [-0.2, -0.15) is 5.10 Å². The second kappa shape index (κ2) is 8.46. The molecule has 0 fully saturated rings. The van der Waals surface area contributed by atoms with Gasteiger partial charge in [0, 0.05) is 17.4 Å². The molecule has 2 aromatic carbocycles. The lowest BCUT2D eigenvalue weighted by Crippen LogP contribution is -2.06. The summed E-state index contributed by atoms with van der Waals surface area (Å²) in [4.78, 5) is 10.2. The molecule has 0 amide bonds. The average molecular weight is 409 g/mol. The molecule has 124 valence electrons. The third kappa shape index (κ3) is 5.07. The highest BCUT2D eigenvalue weighted by Gasteiger charge is 2.17. The van der Waals surface area contributed by atoms with Crippen molar-refractivity contribution >= 4 is 44.8 Å². The standard InChI is InChI=1S/C15H13BrN4O3S/c16-12-6-11(7-13(14(12)21)20(22)23)8-18-19-15(17)24-9-10-4-2-1-3-5-10/h1-8,21H,9H2,(H2,17,19). The summed E-state index contributed by atoms with van der Waals surface area (Å²) in [6, 6.07) is 12.5. The monoisotopic (exact) mass is 408 g/mol. The number of phenolic OH excluding ortho intramolecular Hbond substituents is 1. The third-order valence-corrected chi connectivity index (χ3v) is 4.31. The maximum atomic E-state index is 10.9. The molecule has 7 nitrogen and oxygen atoms in total. The van der Waals surface area contributed by atoms with Crippen molar-refractivity contribution < 1.29 is 10.0 Å². The minimum Gasteiger partial charge on any atom is -0.501 e. The Morgan fingerprint density at radius 2 is 2.08 bits per heavy atom. The normalized spacial score (nSPS) is 11.8. The van der Waals surface area contributed by atoms with Crippen LogP contribution in [-0.2, 0) is 5.75 Å². The lowest BCUT2D eigenvalue weighted by molar-refractivity contribution is -0.386. The maximum Gasteiger partial charge on any atom is 0.312 e. The van der Waals surface area contributed by atoms with Crippen LogP contribution in [0.15, 0.2) is 57.1 Å². The van der Waals surface area contributed by atoms with Crippen molar-refractivity contribution in [2.45, 2.75) is 5.75 Å². The fraction of sp³-hybridized carbons (Fsp3) is 0.0667. The van der Waals surface area contributed by atoms with Crippen LogP contribution in [0.4, 0.5) is 5.69 Å². The molecule has 0 radical (unpaired) electrons. The number of nitro groups is 1. The molecule has 0 aromatic heterocycles. The zero-order valence-electron chi connectivity index (χ0n) is 12.3. The fourth-order valence-electron chi connectivity index (χ4n) is 1.73. The fourth-order valence-corrected chi connectivity index (χ4v) is 2.81. The van der Waals surface area contributed by atoms with Gasteiger partial charge in [0.25, 0.3) is 0 Å². The summed E-state index contributed by atoms with van der Waals surface area (Å²) in [6.45, 7) is 0. The molecule has 2 rings (SSSR count). The highest BCUT2D eigenvalue weighted by Crippen LogP contribution is 2.34. The van der Waals surface area contributed by atoms with Crippen LogP contribution in [0.3, 0.4) is 0 Å². The van der Waals surface area contributed by atoms with E-state index in [-0.39, 0.29) is 9.64 Å². The van der Waals surface area contributed by atoms with E-state index in [1.54, 1.807) is 0 Å². The van der Waals surface area contributed by atoms with Crippen LogP contribution in [-0.4, -0.2) is 21.4 Å². The highest BCUT2D eigenvalue weighted by molar-refractivity contribution is 9.10. The van der Waals surface area contributed by atoms with Gasteiger partial charge in [-0.3, -0.25) is 10.1 Å². The molecule has 0 bridgehead atoms. The van der Waals surface area contributed by atoms with Gasteiger partial charge in [0.05, 0.1) is 15.6 Å². The number of hydrogen-bond donors (Lipinski definition) is 2. The maximum absolute atomic E-state index is 10.9. The van der Waals surface area contributed by atoms with E-state index in [4.69, 9.17) is 5.73 Å². The van der Waals surface area contributed by atoms with Gasteiger partial charge in [-0.25, -0.2) is 0 Å². The molecule has 0 saturated carbocycles. The van der Waals surface area contributed by atoms with E-state index in [1.807, 2.05) is 30.3 Å². The Hall–Kier alpha value is -2.39. The van der Waals surface area contributed by atoms with Crippen molar-refractivity contribution in [3.63, 3.8) is 0 Å². The van der Waals surface area contributed by atoms with Crippen LogP contribution in [0.25, 0.3) is 0 Å². The Labute approximate surface area is 150 Å². The molecule has 2 aromatic rings. The van der Waals surface area contributed by atoms with E-state index >= 15 is 0 Å². The van der Waals surface area contributed by atoms with E-state index in [1.165, 1.54) is 30.1 Å². The summed E-state index contributed by atoms with van der Waals surface area (Å²) >= 11 is 4.39. The summed E-state index contributed by atoms with van der Waals surface area (Å²) in [5.74, 6) is 0.237. The Kier molecular flexibility index (Phi) is 6.33. The first-order chi connectivity index (χ1) is 11.5. The number of amidine groups is 1. The van der Waals surface area contributed by atoms with Gasteiger partial charge >= 0.3 is 5.69 Å². The minimum absolute atomic E-state index is 0.202. The summed E-state index contributed by atoms with van der Waals surface area (Å²) in [5, 5.41) is 28.4. The van der Waals surface area contributed by atoms with E-state index in [0.717, 1.165) is 5.56 Å². The first-order valence-corrected chi connectivity index (χ1v) is 8.45. The summed E-state index contributed by atoms with van der Waals surface area (Å²) in [7, 11) is 0. The lowest BCUT2D eigenvalue weighted by atomic mass is 10.2. The number of nitrogens with two attached hydrogens (primary N) is 1. The zero-order valence-corrected chi connectivity index (χ0v) is 14.7. The molecule has 0 saturated heterocycles. The first-order valence-electron chi connectivity index (χ1n) is 6.67. The minimum atomic E-state index is -0.676. The lowest BCUT2D eigenvalue weighted by Gasteiger charge is -2.01. The Morgan fingerprint density at radius 3 is 2.75 bits per heavy atom. The Bertz CT molecular complexity index is 797. The van der Waals surface area contributed by atoms with Gasteiger partial charge in [0.1, 0.15) is 0 Å². The molecule has 0 heterocycles. The number of nitro benzene ring substituents is 1. The van der Waals surface area contributed by atoms with Gasteiger partial charge < -0.3 is 10.8 Å². The topological polar surface area (TPSA) is 114 Å². The molecular weight excluding hydrogens is 396 g/mol. The molecule has 0 aliphatic heterocycles. The van der Waals surface area contributed by atoms with Crippen LogP contribution < -0.4 is 5.73 Å². The predicted molar refractivity (Wildman–Crippen MR) is 99.4 cm³/mol. The van der Waals surface area contributed by atoms with Crippen LogP contribution in [0, 0.1) is 10.1 Å². The quantitative estimate of drug-likeness (QED) is 0.339. The van der Waals surface area contributed by atoms with Gasteiger partial charge in [0.15, 0.2) is 5.17 Å². The van der Waals surface area contributed by atoms with Crippen LogP contribution in [0.5, 0.6) is 5.75 Å². The van der Waals surface area contributed by atoms with Crippen LogP contribution in [0.2, 0.25) is 0 Å². The molecule has 0 aliphatic carbocycles. The number of benzene rings is 2. The number of aromatic hydroxyl groups is 1. The van der Waals surface area contributed by atoms with E-state index < -0.39 is 16.4 Å². The Balaban J connectivity index is 2.03. The van der Waals surface area contributed by atoms with Crippen LogP contribution in [0.1, 0.15) is 11.1 Å². The summed E-state index contributed by atoms with van der Waals surface area (Å²) in [5.41, 5.74) is 6.87. The molecule has 0 unspecified atom stereocenters. The molecule has 0 aliphatic rings. The van der Waals surface area contributed by atoms with E-state index in [9.17, 15) is 15.2 Å². The number of halogens is 1. The summed E-state index contributed by atoms with van der Waals surface area (Å²) < 4.78 is 0.202. The molecule has 0 atom stereocenters. The number of hydrogen-bond acceptors (Lipinski definition) is 6. The second-order valence-electron chi connectivity index (χ2n) is 4.58. The largest absolute Gasteiger partial charge is 0.501 e. The van der Waals surface area contributed by atoms with Crippen molar-refractivity contribution in [1.82, 2.24) is 0 Å². The molecule has 24 heavy (non-hydrogen) atoms. The zero-order chi connectivity index (χ0) is 17.5. The van der Waals surface area contributed by atoms with Gasteiger partial charge in [0.2, 0.25) is 5.75 Å². The van der Waals surface area contributed by atoms with Crippen molar-refractivity contribution in [2.75, 3.05) is 0 Å². The number of phenols is 1. The molecule has 9 heteroatoms. The average Bonchev–Trinajstić information content (AvgIpc) is 2.56. The second-order valence-corrected chi connectivity index (χ2v) is 6.43. The highest BCUT2D eigenvalue weighted by atomic mass is 79.9.